The number of aromatic carboxylic acids is 1. The zero-order valence-electron chi connectivity index (χ0n) is 19.3. The van der Waals surface area contributed by atoms with Crippen LogP contribution in [0.25, 0.3) is 5.57 Å². The van der Waals surface area contributed by atoms with E-state index >= 15 is 0 Å². The minimum Gasteiger partial charge on any atom is -0.478 e. The van der Waals surface area contributed by atoms with E-state index in [0.717, 1.165) is 18.4 Å². The summed E-state index contributed by atoms with van der Waals surface area (Å²) in [6.07, 6.45) is 7.90. The molecule has 1 heterocycles. The molecule has 5 rings (SSSR count). The van der Waals surface area contributed by atoms with Gasteiger partial charge in [0.15, 0.2) is 15.6 Å². The van der Waals surface area contributed by atoms with Gasteiger partial charge in [-0.1, -0.05) is 12.1 Å². The van der Waals surface area contributed by atoms with Gasteiger partial charge in [-0.25, -0.2) is 13.2 Å². The number of carbonyl (C=O) groups is 3. The van der Waals surface area contributed by atoms with Crippen LogP contribution < -0.4 is 0 Å². The first-order chi connectivity index (χ1) is 16.7. The van der Waals surface area contributed by atoms with Crippen molar-refractivity contribution in [3.05, 3.63) is 65.0 Å². The molecule has 7 nitrogen and oxygen atoms in total. The molecule has 8 heteroatoms. The Morgan fingerprint density at radius 3 is 2.34 bits per heavy atom. The number of aromatic nitrogens is 1. The van der Waals surface area contributed by atoms with Gasteiger partial charge in [-0.3, -0.25) is 14.6 Å². The molecule has 1 atom stereocenters. The Morgan fingerprint density at radius 2 is 1.77 bits per heavy atom. The number of Topliss-reactive ketones (excluding diaryl/α,β-unsaturated/α-hetero) is 2. The molecule has 2 aromatic rings. The topological polar surface area (TPSA) is 118 Å². The average molecular weight is 494 g/mol. The molecule has 0 saturated heterocycles. The fourth-order valence-corrected chi connectivity index (χ4v) is 6.66. The van der Waals surface area contributed by atoms with Crippen molar-refractivity contribution in [1.82, 2.24) is 4.98 Å². The molecule has 1 aromatic carbocycles. The van der Waals surface area contributed by atoms with E-state index in [1.54, 1.807) is 12.1 Å². The molecule has 3 saturated carbocycles. The second kappa shape index (κ2) is 9.15. The summed E-state index contributed by atoms with van der Waals surface area (Å²) in [5.41, 5.74) is 2.41. The highest BCUT2D eigenvalue weighted by molar-refractivity contribution is 7.92. The second-order valence-corrected chi connectivity index (χ2v) is 12.0. The summed E-state index contributed by atoms with van der Waals surface area (Å²) in [5, 5.41) is 8.78. The maximum Gasteiger partial charge on any atom is 0.337 e. The molecule has 3 fully saturated rings. The number of allylic oxidation sites excluding steroid dienone is 2. The summed E-state index contributed by atoms with van der Waals surface area (Å²) in [7, 11) is -3.36. The molecule has 35 heavy (non-hydrogen) atoms. The van der Waals surface area contributed by atoms with E-state index in [9.17, 15) is 22.8 Å². The number of carbonyl (C=O) groups excluding carboxylic acids is 2. The molecule has 1 N–H and O–H groups in total. The van der Waals surface area contributed by atoms with Gasteiger partial charge in [-0.15, -0.1) is 0 Å². The first kappa shape index (κ1) is 23.6. The van der Waals surface area contributed by atoms with Crippen LogP contribution in [0.1, 0.15) is 78.0 Å². The quantitative estimate of drug-likeness (QED) is 0.521. The van der Waals surface area contributed by atoms with Crippen molar-refractivity contribution in [2.75, 3.05) is 0 Å². The predicted octanol–water partition coefficient (Wildman–Crippen LogP) is 4.16. The fraction of sp³-hybridized carbons (Fsp3) is 0.407. The van der Waals surface area contributed by atoms with E-state index in [4.69, 9.17) is 5.11 Å². The zero-order valence-corrected chi connectivity index (χ0v) is 20.1. The molecule has 0 radical (unpaired) electrons. The molecule has 3 aliphatic carbocycles. The zero-order chi connectivity index (χ0) is 24.7. The molecule has 0 amide bonds. The van der Waals surface area contributed by atoms with E-state index in [0.29, 0.717) is 53.8 Å². The Bertz CT molecular complexity index is 1330. The lowest BCUT2D eigenvalue weighted by molar-refractivity contribution is -0.117. The minimum atomic E-state index is -3.36. The molecule has 0 bridgehead atoms. The van der Waals surface area contributed by atoms with Gasteiger partial charge in [0, 0.05) is 30.3 Å². The standard InChI is InChI=1S/C27H27NO6S/c29-21-7-1-16(11-21)12-23(25(30)14-20-6-4-19(15-28-20)27(31)32)18-5-10-26(24(13-18)17-2-3-17)35(33,34)22-8-9-22/h4-6,10,12-13,15-17,22H,1-3,7-9,11,14H2,(H,31,32)/b23-12+/t16-/m0/s1. The normalized spacial score (nSPS) is 20.7. The Morgan fingerprint density at radius 1 is 1.03 bits per heavy atom. The molecular formula is C27H27NO6S. The summed E-state index contributed by atoms with van der Waals surface area (Å²) < 4.78 is 26.0. The number of sulfone groups is 1. The van der Waals surface area contributed by atoms with Gasteiger partial charge < -0.3 is 5.11 Å². The van der Waals surface area contributed by atoms with Crippen molar-refractivity contribution < 1.29 is 27.9 Å². The van der Waals surface area contributed by atoms with Gasteiger partial charge in [0.05, 0.1) is 22.1 Å². The molecule has 3 aliphatic rings. The van der Waals surface area contributed by atoms with Crippen LogP contribution in [0.15, 0.2) is 47.5 Å². The summed E-state index contributed by atoms with van der Waals surface area (Å²) in [4.78, 5) is 40.9. The number of hydrogen-bond donors (Lipinski definition) is 1. The third kappa shape index (κ3) is 5.12. The molecular weight excluding hydrogens is 466 g/mol. The lowest BCUT2D eigenvalue weighted by Gasteiger charge is -2.15. The Kier molecular flexibility index (Phi) is 6.17. The lowest BCUT2D eigenvalue weighted by atomic mass is 9.92. The Balaban J connectivity index is 1.50. The number of pyridine rings is 1. The van der Waals surface area contributed by atoms with E-state index in [2.05, 4.69) is 4.98 Å². The maximum absolute atomic E-state index is 13.5. The summed E-state index contributed by atoms with van der Waals surface area (Å²) in [5.74, 6) is -0.958. The van der Waals surface area contributed by atoms with Crippen LogP contribution in [-0.4, -0.2) is 41.3 Å². The molecule has 0 aliphatic heterocycles. The highest BCUT2D eigenvalue weighted by Gasteiger charge is 2.40. The predicted molar refractivity (Wildman–Crippen MR) is 129 cm³/mol. The van der Waals surface area contributed by atoms with E-state index in [-0.39, 0.29) is 40.6 Å². The van der Waals surface area contributed by atoms with Crippen molar-refractivity contribution in [2.45, 2.75) is 67.4 Å². The minimum absolute atomic E-state index is 0.0206. The van der Waals surface area contributed by atoms with Gasteiger partial charge >= 0.3 is 5.97 Å². The fourth-order valence-electron chi connectivity index (χ4n) is 4.73. The van der Waals surface area contributed by atoms with E-state index in [1.807, 2.05) is 12.1 Å². The highest BCUT2D eigenvalue weighted by atomic mass is 32.2. The van der Waals surface area contributed by atoms with Crippen molar-refractivity contribution in [3.63, 3.8) is 0 Å². The SMILES string of the molecule is O=C1CC[C@H](/C=C(/C(=O)Cc2ccc(C(=O)O)cn2)c2ccc(S(=O)(=O)C3CC3)c(C3CC3)c2)C1. The van der Waals surface area contributed by atoms with Crippen LogP contribution >= 0.6 is 0 Å². The Labute approximate surface area is 204 Å². The maximum atomic E-state index is 13.5. The Hall–Kier alpha value is -3.13. The van der Waals surface area contributed by atoms with Gasteiger partial charge in [-0.05, 0) is 79.3 Å². The first-order valence-corrected chi connectivity index (χ1v) is 13.6. The smallest absolute Gasteiger partial charge is 0.337 e. The number of ketones is 2. The van der Waals surface area contributed by atoms with Crippen LogP contribution in [-0.2, 0) is 25.8 Å². The van der Waals surface area contributed by atoms with E-state index in [1.165, 1.54) is 18.3 Å². The van der Waals surface area contributed by atoms with Crippen molar-refractivity contribution in [3.8, 4) is 0 Å². The number of nitrogens with zero attached hydrogens (tertiary/aromatic N) is 1. The first-order valence-electron chi connectivity index (χ1n) is 12.1. The van der Waals surface area contributed by atoms with Crippen LogP contribution in [0.2, 0.25) is 0 Å². The summed E-state index contributed by atoms with van der Waals surface area (Å²) in [6, 6.07) is 8.16. The largest absolute Gasteiger partial charge is 0.478 e. The molecule has 0 unspecified atom stereocenters. The number of hydrogen-bond acceptors (Lipinski definition) is 6. The van der Waals surface area contributed by atoms with Crippen molar-refractivity contribution in [2.24, 2.45) is 5.92 Å². The van der Waals surface area contributed by atoms with Crippen LogP contribution in [0.5, 0.6) is 0 Å². The third-order valence-corrected chi connectivity index (χ3v) is 9.34. The number of carboxylic acids is 1. The molecule has 0 spiro atoms. The van der Waals surface area contributed by atoms with Gasteiger partial charge in [0.25, 0.3) is 0 Å². The lowest BCUT2D eigenvalue weighted by Crippen LogP contribution is -2.12. The van der Waals surface area contributed by atoms with Gasteiger partial charge in [0.2, 0.25) is 0 Å². The van der Waals surface area contributed by atoms with Crippen LogP contribution in [0.3, 0.4) is 0 Å². The monoisotopic (exact) mass is 493 g/mol. The van der Waals surface area contributed by atoms with Crippen molar-refractivity contribution in [1.29, 1.82) is 0 Å². The third-order valence-electron chi connectivity index (χ3n) is 7.01. The van der Waals surface area contributed by atoms with Crippen molar-refractivity contribution >= 4 is 32.9 Å². The van der Waals surface area contributed by atoms with Gasteiger partial charge in [-0.2, -0.15) is 0 Å². The number of carboxylic acid groups (broad SMARTS) is 1. The summed E-state index contributed by atoms with van der Waals surface area (Å²) in [6.45, 7) is 0. The number of rotatable bonds is 9. The molecule has 1 aromatic heterocycles. The van der Waals surface area contributed by atoms with E-state index < -0.39 is 15.8 Å². The summed E-state index contributed by atoms with van der Waals surface area (Å²) >= 11 is 0. The average Bonchev–Trinajstić information content (AvgIpc) is 3.75. The number of benzene rings is 1. The second-order valence-electron chi connectivity index (χ2n) is 9.84. The van der Waals surface area contributed by atoms with Gasteiger partial charge in [0.1, 0.15) is 5.78 Å². The van der Waals surface area contributed by atoms with Crippen LogP contribution in [0, 0.1) is 5.92 Å². The van der Waals surface area contributed by atoms with Crippen LogP contribution in [0.4, 0.5) is 0 Å². The molecule has 182 valence electrons. The highest BCUT2D eigenvalue weighted by Crippen LogP contribution is 2.46.